The lowest BCUT2D eigenvalue weighted by molar-refractivity contribution is -0.383. The van der Waals surface area contributed by atoms with Gasteiger partial charge in [0.15, 0.2) is 0 Å². The smallest absolute Gasteiger partial charge is 0.278 e. The molecule has 0 amide bonds. The average molecular weight is 258 g/mol. The predicted octanol–water partition coefficient (Wildman–Crippen LogP) is 2.29. The van der Waals surface area contributed by atoms with Crippen LogP contribution in [0.1, 0.15) is 11.8 Å². The van der Waals surface area contributed by atoms with Crippen molar-refractivity contribution in [2.75, 3.05) is 0 Å². The van der Waals surface area contributed by atoms with E-state index in [0.717, 1.165) is 5.52 Å². The summed E-state index contributed by atoms with van der Waals surface area (Å²) in [6.07, 6.45) is 1.78. The molecule has 0 saturated heterocycles. The maximum absolute atomic E-state index is 10.9. The van der Waals surface area contributed by atoms with Gasteiger partial charge in [-0.15, -0.1) is 10.2 Å². The van der Waals surface area contributed by atoms with Crippen molar-refractivity contribution >= 4 is 16.6 Å². The molecule has 19 heavy (non-hydrogen) atoms. The van der Waals surface area contributed by atoms with Crippen LogP contribution < -0.4 is 0 Å². The Kier molecular flexibility index (Phi) is 2.52. The second-order valence-electron chi connectivity index (χ2n) is 4.13. The molecular formula is C12H10N4O3. The third kappa shape index (κ3) is 1.95. The van der Waals surface area contributed by atoms with Crippen LogP contribution in [0, 0.1) is 17.0 Å². The number of nitro benzene ring substituents is 1. The van der Waals surface area contributed by atoms with Gasteiger partial charge in [0.05, 0.1) is 15.8 Å². The van der Waals surface area contributed by atoms with Gasteiger partial charge in [-0.2, -0.15) is 0 Å². The molecular weight excluding hydrogens is 248 g/mol. The average Bonchev–Trinajstić information content (AvgIpc) is 2.97. The molecule has 0 fully saturated rings. The van der Waals surface area contributed by atoms with Crippen molar-refractivity contribution in [1.82, 2.24) is 14.8 Å². The number of aryl methyl sites for hydroxylation is 1. The fourth-order valence-electron chi connectivity index (χ4n) is 2.05. The largest absolute Gasteiger partial charge is 0.424 e. The highest BCUT2D eigenvalue weighted by Crippen LogP contribution is 2.26. The Morgan fingerprint density at radius 3 is 2.89 bits per heavy atom. The number of non-ortho nitro benzene ring substituents is 1. The van der Waals surface area contributed by atoms with E-state index in [0.29, 0.717) is 23.7 Å². The van der Waals surface area contributed by atoms with Gasteiger partial charge in [0.25, 0.3) is 5.69 Å². The van der Waals surface area contributed by atoms with E-state index in [1.807, 2.05) is 10.6 Å². The van der Waals surface area contributed by atoms with Crippen LogP contribution in [-0.2, 0) is 6.54 Å². The standard InChI is InChI=1S/C12H10N4O3/c1-8-13-14-12(19-8)7-15-6-5-9-10(15)3-2-4-11(9)16(17)18/h2-6H,7H2,1H3. The molecule has 7 nitrogen and oxygen atoms in total. The molecule has 0 unspecified atom stereocenters. The monoisotopic (exact) mass is 258 g/mol. The summed E-state index contributed by atoms with van der Waals surface area (Å²) in [5, 5.41) is 19.2. The molecule has 0 aliphatic rings. The van der Waals surface area contributed by atoms with E-state index in [4.69, 9.17) is 4.42 Å². The first kappa shape index (κ1) is 11.4. The van der Waals surface area contributed by atoms with Gasteiger partial charge in [-0.25, -0.2) is 0 Å². The second-order valence-corrected chi connectivity index (χ2v) is 4.13. The van der Waals surface area contributed by atoms with Crippen LogP contribution >= 0.6 is 0 Å². The molecule has 0 bridgehead atoms. The predicted molar refractivity (Wildman–Crippen MR) is 66.7 cm³/mol. The van der Waals surface area contributed by atoms with Crippen molar-refractivity contribution in [2.45, 2.75) is 13.5 Å². The van der Waals surface area contributed by atoms with Crippen molar-refractivity contribution in [1.29, 1.82) is 0 Å². The maximum Gasteiger partial charge on any atom is 0.278 e. The molecule has 0 radical (unpaired) electrons. The van der Waals surface area contributed by atoms with Gasteiger partial charge in [-0.3, -0.25) is 10.1 Å². The van der Waals surface area contributed by atoms with Crippen molar-refractivity contribution < 1.29 is 9.34 Å². The Morgan fingerprint density at radius 2 is 2.21 bits per heavy atom. The molecule has 2 heterocycles. The Hall–Kier alpha value is -2.70. The normalized spacial score (nSPS) is 11.0. The zero-order valence-corrected chi connectivity index (χ0v) is 10.1. The van der Waals surface area contributed by atoms with Gasteiger partial charge in [-0.1, -0.05) is 6.07 Å². The minimum atomic E-state index is -0.385. The van der Waals surface area contributed by atoms with E-state index in [9.17, 15) is 10.1 Å². The number of hydrogen-bond acceptors (Lipinski definition) is 5. The van der Waals surface area contributed by atoms with E-state index in [1.54, 1.807) is 25.3 Å². The first-order valence-electron chi connectivity index (χ1n) is 5.66. The summed E-state index contributed by atoms with van der Waals surface area (Å²) in [7, 11) is 0. The van der Waals surface area contributed by atoms with E-state index >= 15 is 0 Å². The van der Waals surface area contributed by atoms with Gasteiger partial charge in [0.1, 0.15) is 6.54 Å². The van der Waals surface area contributed by atoms with Crippen LogP contribution in [0.25, 0.3) is 10.9 Å². The molecule has 1 aromatic carbocycles. The lowest BCUT2D eigenvalue weighted by atomic mass is 10.2. The highest BCUT2D eigenvalue weighted by molar-refractivity contribution is 5.89. The van der Waals surface area contributed by atoms with E-state index < -0.39 is 0 Å². The molecule has 0 aliphatic carbocycles. The summed E-state index contributed by atoms with van der Waals surface area (Å²) in [6, 6.07) is 6.70. The Labute approximate surface area is 107 Å². The van der Waals surface area contributed by atoms with Crippen molar-refractivity contribution in [3.63, 3.8) is 0 Å². The molecule has 0 aliphatic heterocycles. The molecule has 96 valence electrons. The summed E-state index contributed by atoms with van der Waals surface area (Å²) in [5.74, 6) is 0.971. The van der Waals surface area contributed by atoms with Crippen molar-refractivity contribution in [3.05, 3.63) is 52.4 Å². The number of aromatic nitrogens is 3. The molecule has 0 spiro atoms. The van der Waals surface area contributed by atoms with Crippen LogP contribution in [0.15, 0.2) is 34.9 Å². The SMILES string of the molecule is Cc1nnc(Cn2ccc3c([N+](=O)[O-])cccc32)o1. The van der Waals surface area contributed by atoms with Crippen LogP contribution in [0.2, 0.25) is 0 Å². The maximum atomic E-state index is 10.9. The molecule has 3 aromatic rings. The molecule has 0 atom stereocenters. The Bertz CT molecular complexity index is 759. The summed E-state index contributed by atoms with van der Waals surface area (Å²) in [5.41, 5.74) is 0.864. The first-order valence-corrected chi connectivity index (χ1v) is 5.66. The minimum absolute atomic E-state index is 0.0953. The summed E-state index contributed by atoms with van der Waals surface area (Å²) >= 11 is 0. The molecule has 7 heteroatoms. The Morgan fingerprint density at radius 1 is 1.37 bits per heavy atom. The minimum Gasteiger partial charge on any atom is -0.424 e. The van der Waals surface area contributed by atoms with E-state index in [2.05, 4.69) is 10.2 Å². The van der Waals surface area contributed by atoms with Gasteiger partial charge in [-0.05, 0) is 12.1 Å². The van der Waals surface area contributed by atoms with Gasteiger partial charge in [0.2, 0.25) is 11.8 Å². The summed E-state index contributed by atoms with van der Waals surface area (Å²) in [6.45, 7) is 2.11. The highest BCUT2D eigenvalue weighted by atomic mass is 16.6. The zero-order chi connectivity index (χ0) is 13.4. The zero-order valence-electron chi connectivity index (χ0n) is 10.1. The second kappa shape index (κ2) is 4.20. The van der Waals surface area contributed by atoms with Crippen LogP contribution in [0.3, 0.4) is 0 Å². The highest BCUT2D eigenvalue weighted by Gasteiger charge is 2.14. The van der Waals surface area contributed by atoms with Crippen LogP contribution in [0.5, 0.6) is 0 Å². The van der Waals surface area contributed by atoms with Crippen LogP contribution in [0.4, 0.5) is 5.69 Å². The Balaban J connectivity index is 2.06. The van der Waals surface area contributed by atoms with Crippen LogP contribution in [-0.4, -0.2) is 19.7 Å². The third-order valence-corrected chi connectivity index (χ3v) is 2.86. The fourth-order valence-corrected chi connectivity index (χ4v) is 2.05. The van der Waals surface area contributed by atoms with Crippen molar-refractivity contribution in [2.24, 2.45) is 0 Å². The lowest BCUT2D eigenvalue weighted by Crippen LogP contribution is -1.98. The number of nitro groups is 1. The molecule has 2 aromatic heterocycles. The summed E-state index contributed by atoms with van der Waals surface area (Å²) in [4.78, 5) is 10.6. The third-order valence-electron chi connectivity index (χ3n) is 2.86. The van der Waals surface area contributed by atoms with Gasteiger partial charge in [0, 0.05) is 19.2 Å². The first-order chi connectivity index (χ1) is 9.15. The fraction of sp³-hybridized carbons (Fsp3) is 0.167. The van der Waals surface area contributed by atoms with E-state index in [1.165, 1.54) is 6.07 Å². The van der Waals surface area contributed by atoms with E-state index in [-0.39, 0.29) is 10.6 Å². The molecule has 3 rings (SSSR count). The summed E-state index contributed by atoms with van der Waals surface area (Å²) < 4.78 is 7.15. The van der Waals surface area contributed by atoms with Gasteiger partial charge >= 0.3 is 0 Å². The quantitative estimate of drug-likeness (QED) is 0.531. The number of fused-ring (bicyclic) bond motifs is 1. The van der Waals surface area contributed by atoms with Crippen molar-refractivity contribution in [3.8, 4) is 0 Å². The lowest BCUT2D eigenvalue weighted by Gasteiger charge is -2.01. The molecule has 0 saturated carbocycles. The van der Waals surface area contributed by atoms with Gasteiger partial charge < -0.3 is 8.98 Å². The molecule has 0 N–H and O–H groups in total. The topological polar surface area (TPSA) is 87.0 Å². The number of hydrogen-bond donors (Lipinski definition) is 0. The number of rotatable bonds is 3. The number of nitrogens with zero attached hydrogens (tertiary/aromatic N) is 4. The number of benzene rings is 1.